The molecule has 0 fully saturated rings. The fourth-order valence-electron chi connectivity index (χ4n) is 0.885. The first-order valence-electron chi connectivity index (χ1n) is 3.79. The quantitative estimate of drug-likeness (QED) is 0.893. The second-order valence-electron chi connectivity index (χ2n) is 2.85. The SMILES string of the molecule is C[C@H](N)CCc1cc(Br)c(Cl)s1. The van der Waals surface area contributed by atoms with Gasteiger partial charge in [0, 0.05) is 15.4 Å². The monoisotopic (exact) mass is 267 g/mol. The van der Waals surface area contributed by atoms with Crippen molar-refractivity contribution in [2.24, 2.45) is 5.73 Å². The summed E-state index contributed by atoms with van der Waals surface area (Å²) in [6.07, 6.45) is 2.04. The van der Waals surface area contributed by atoms with E-state index in [1.807, 2.05) is 6.92 Å². The van der Waals surface area contributed by atoms with E-state index in [0.717, 1.165) is 21.7 Å². The maximum absolute atomic E-state index is 5.89. The van der Waals surface area contributed by atoms with Crippen molar-refractivity contribution in [1.29, 1.82) is 0 Å². The Labute approximate surface area is 90.0 Å². The zero-order chi connectivity index (χ0) is 9.14. The van der Waals surface area contributed by atoms with E-state index in [2.05, 4.69) is 22.0 Å². The molecule has 0 bridgehead atoms. The van der Waals surface area contributed by atoms with Crippen LogP contribution in [0.3, 0.4) is 0 Å². The smallest absolute Gasteiger partial charge is 0.107 e. The lowest BCUT2D eigenvalue weighted by Gasteiger charge is -2.01. The highest BCUT2D eigenvalue weighted by Crippen LogP contribution is 2.32. The summed E-state index contributed by atoms with van der Waals surface area (Å²) in [5.74, 6) is 0. The molecule has 1 nitrogen and oxygen atoms in total. The van der Waals surface area contributed by atoms with Gasteiger partial charge in [-0.15, -0.1) is 11.3 Å². The molecule has 1 aromatic heterocycles. The summed E-state index contributed by atoms with van der Waals surface area (Å²) in [7, 11) is 0. The molecule has 1 heterocycles. The first kappa shape index (κ1) is 10.5. The lowest BCUT2D eigenvalue weighted by atomic mass is 10.2. The normalized spacial score (nSPS) is 13.3. The van der Waals surface area contributed by atoms with Gasteiger partial charge >= 0.3 is 0 Å². The molecule has 2 N–H and O–H groups in total. The molecule has 0 aliphatic rings. The maximum atomic E-state index is 5.89. The minimum Gasteiger partial charge on any atom is -0.328 e. The molecule has 0 amide bonds. The van der Waals surface area contributed by atoms with Crippen LogP contribution >= 0.6 is 38.9 Å². The lowest BCUT2D eigenvalue weighted by molar-refractivity contribution is 0.670. The summed E-state index contributed by atoms with van der Waals surface area (Å²) < 4.78 is 1.82. The Morgan fingerprint density at radius 3 is 2.83 bits per heavy atom. The Balaban J connectivity index is 2.53. The van der Waals surface area contributed by atoms with E-state index in [1.165, 1.54) is 4.88 Å². The van der Waals surface area contributed by atoms with Gasteiger partial charge in [0.1, 0.15) is 4.34 Å². The third-order valence-corrected chi connectivity index (χ3v) is 4.08. The van der Waals surface area contributed by atoms with E-state index in [0.29, 0.717) is 0 Å². The van der Waals surface area contributed by atoms with E-state index in [-0.39, 0.29) is 6.04 Å². The van der Waals surface area contributed by atoms with Crippen LogP contribution < -0.4 is 5.73 Å². The van der Waals surface area contributed by atoms with Crippen molar-refractivity contribution in [3.63, 3.8) is 0 Å². The predicted molar refractivity (Wildman–Crippen MR) is 59.0 cm³/mol. The Morgan fingerprint density at radius 1 is 1.75 bits per heavy atom. The van der Waals surface area contributed by atoms with Gasteiger partial charge in [0.05, 0.1) is 0 Å². The standard InChI is InChI=1S/C8H11BrClNS/c1-5(11)2-3-6-4-7(9)8(10)12-6/h4-5H,2-3,11H2,1H3/t5-/m0/s1. The van der Waals surface area contributed by atoms with Crippen LogP contribution in [0.2, 0.25) is 4.34 Å². The Kier molecular flexibility index (Phi) is 4.03. The van der Waals surface area contributed by atoms with Gasteiger partial charge in [0.15, 0.2) is 0 Å². The topological polar surface area (TPSA) is 26.0 Å². The minimum atomic E-state index is 0.268. The molecule has 0 radical (unpaired) electrons. The zero-order valence-corrected chi connectivity index (χ0v) is 9.97. The maximum Gasteiger partial charge on any atom is 0.107 e. The van der Waals surface area contributed by atoms with Gasteiger partial charge in [-0.25, -0.2) is 0 Å². The summed E-state index contributed by atoms with van der Waals surface area (Å²) in [5, 5.41) is 0. The van der Waals surface area contributed by atoms with Crippen LogP contribution in [0.5, 0.6) is 0 Å². The van der Waals surface area contributed by atoms with Crippen molar-refractivity contribution in [2.45, 2.75) is 25.8 Å². The van der Waals surface area contributed by atoms with Crippen molar-refractivity contribution in [2.75, 3.05) is 0 Å². The van der Waals surface area contributed by atoms with Crippen LogP contribution in [0.15, 0.2) is 10.5 Å². The summed E-state index contributed by atoms with van der Waals surface area (Å²) in [4.78, 5) is 1.30. The molecule has 0 saturated heterocycles. The van der Waals surface area contributed by atoms with Gasteiger partial charge in [-0.2, -0.15) is 0 Å². The molecular formula is C8H11BrClNS. The second kappa shape index (κ2) is 4.61. The summed E-state index contributed by atoms with van der Waals surface area (Å²) in [6.45, 7) is 2.02. The van der Waals surface area contributed by atoms with Gasteiger partial charge in [0.25, 0.3) is 0 Å². The summed E-state index contributed by atoms with van der Waals surface area (Å²) in [5.41, 5.74) is 5.65. The molecule has 0 unspecified atom stereocenters. The van der Waals surface area contributed by atoms with E-state index in [4.69, 9.17) is 17.3 Å². The minimum absolute atomic E-state index is 0.268. The molecule has 12 heavy (non-hydrogen) atoms. The number of hydrogen-bond donors (Lipinski definition) is 1. The summed E-state index contributed by atoms with van der Waals surface area (Å²) in [6, 6.07) is 2.33. The third-order valence-electron chi connectivity index (χ3n) is 1.54. The Hall–Kier alpha value is 0.430. The molecular weight excluding hydrogens is 258 g/mol. The van der Waals surface area contributed by atoms with Crippen molar-refractivity contribution in [3.05, 3.63) is 19.8 Å². The highest BCUT2D eigenvalue weighted by Gasteiger charge is 2.04. The number of rotatable bonds is 3. The van der Waals surface area contributed by atoms with Gasteiger partial charge < -0.3 is 5.73 Å². The van der Waals surface area contributed by atoms with Gasteiger partial charge in [-0.05, 0) is 41.8 Å². The molecule has 0 aliphatic heterocycles. The molecule has 1 atom stereocenters. The average Bonchev–Trinajstić information content (AvgIpc) is 2.28. The van der Waals surface area contributed by atoms with Gasteiger partial charge in [-0.3, -0.25) is 0 Å². The Morgan fingerprint density at radius 2 is 2.42 bits per heavy atom. The van der Waals surface area contributed by atoms with Crippen LogP contribution in [-0.2, 0) is 6.42 Å². The Bertz CT molecular complexity index is 240. The van der Waals surface area contributed by atoms with Crippen LogP contribution in [0, 0.1) is 0 Å². The molecule has 0 aromatic carbocycles. The number of halogens is 2. The molecule has 0 spiro atoms. The number of nitrogens with two attached hydrogens (primary N) is 1. The average molecular weight is 269 g/mol. The van der Waals surface area contributed by atoms with Crippen molar-refractivity contribution in [3.8, 4) is 0 Å². The zero-order valence-electron chi connectivity index (χ0n) is 6.81. The van der Waals surface area contributed by atoms with Crippen LogP contribution in [0.4, 0.5) is 0 Å². The first-order chi connectivity index (χ1) is 5.59. The van der Waals surface area contributed by atoms with Crippen LogP contribution in [0.25, 0.3) is 0 Å². The fraction of sp³-hybridized carbons (Fsp3) is 0.500. The van der Waals surface area contributed by atoms with Crippen LogP contribution in [0.1, 0.15) is 18.2 Å². The highest BCUT2D eigenvalue weighted by atomic mass is 79.9. The third kappa shape index (κ3) is 3.05. The van der Waals surface area contributed by atoms with E-state index in [9.17, 15) is 0 Å². The highest BCUT2D eigenvalue weighted by molar-refractivity contribution is 9.10. The van der Waals surface area contributed by atoms with Gasteiger partial charge in [-0.1, -0.05) is 11.6 Å². The number of thiophene rings is 1. The first-order valence-corrected chi connectivity index (χ1v) is 5.77. The van der Waals surface area contributed by atoms with Crippen molar-refractivity contribution in [1.82, 2.24) is 0 Å². The van der Waals surface area contributed by atoms with Crippen LogP contribution in [-0.4, -0.2) is 6.04 Å². The largest absolute Gasteiger partial charge is 0.328 e. The predicted octanol–water partition coefficient (Wildman–Crippen LogP) is 3.44. The van der Waals surface area contributed by atoms with Crippen molar-refractivity contribution >= 4 is 38.9 Å². The second-order valence-corrected chi connectivity index (χ2v) is 5.44. The van der Waals surface area contributed by atoms with Crippen molar-refractivity contribution < 1.29 is 0 Å². The van der Waals surface area contributed by atoms with E-state index < -0.39 is 0 Å². The lowest BCUT2D eigenvalue weighted by Crippen LogP contribution is -2.14. The summed E-state index contributed by atoms with van der Waals surface area (Å²) >= 11 is 10.9. The number of hydrogen-bond acceptors (Lipinski definition) is 2. The number of aryl methyl sites for hydroxylation is 1. The van der Waals surface area contributed by atoms with E-state index in [1.54, 1.807) is 11.3 Å². The molecule has 0 aliphatic carbocycles. The molecule has 1 rings (SSSR count). The molecule has 68 valence electrons. The molecule has 4 heteroatoms. The molecule has 1 aromatic rings. The molecule has 0 saturated carbocycles. The fourth-order valence-corrected chi connectivity index (χ4v) is 2.69. The van der Waals surface area contributed by atoms with E-state index >= 15 is 0 Å². The van der Waals surface area contributed by atoms with Gasteiger partial charge in [0.2, 0.25) is 0 Å².